The molecule has 0 amide bonds. The van der Waals surface area contributed by atoms with Crippen LogP contribution in [0.1, 0.15) is 0 Å². The van der Waals surface area contributed by atoms with Crippen LogP contribution >= 0.6 is 0 Å². The Balaban J connectivity index is 2.47. The minimum absolute atomic E-state index is 0.124. The number of nitrogens with two attached hydrogens (primary N) is 1. The average molecular weight is 277 g/mol. The van der Waals surface area contributed by atoms with Crippen molar-refractivity contribution in [3.8, 4) is 0 Å². The summed E-state index contributed by atoms with van der Waals surface area (Å²) in [5, 5.41) is 3.07. The second kappa shape index (κ2) is 5.29. The molecule has 0 unspecified atom stereocenters. The molecule has 4 N–H and O–H groups in total. The Hall–Kier alpha value is -2.05. The Morgan fingerprint density at radius 1 is 1.05 bits per heavy atom. The van der Waals surface area contributed by atoms with E-state index in [1.165, 1.54) is 13.1 Å². The summed E-state index contributed by atoms with van der Waals surface area (Å²) >= 11 is 0. The molecule has 0 aliphatic heterocycles. The molecule has 2 aromatic rings. The number of para-hydroxylation sites is 1. The second-order valence-corrected chi connectivity index (χ2v) is 5.81. The number of benzene rings is 2. The topological polar surface area (TPSA) is 84.2 Å². The summed E-state index contributed by atoms with van der Waals surface area (Å²) in [5.74, 6) is 0. The van der Waals surface area contributed by atoms with Crippen LogP contribution in [0.3, 0.4) is 0 Å². The van der Waals surface area contributed by atoms with E-state index in [1.54, 1.807) is 12.1 Å². The van der Waals surface area contributed by atoms with Crippen LogP contribution in [0.5, 0.6) is 0 Å². The summed E-state index contributed by atoms with van der Waals surface area (Å²) in [4.78, 5) is 0.124. The fraction of sp³-hybridized carbons (Fsp3) is 0.0769. The largest absolute Gasteiger partial charge is 0.399 e. The lowest BCUT2D eigenvalue weighted by Crippen LogP contribution is -2.20. The summed E-state index contributed by atoms with van der Waals surface area (Å²) in [6, 6.07) is 14.1. The predicted octanol–water partition coefficient (Wildman–Crippen LogP) is 1.92. The molecule has 0 aliphatic rings. The Kier molecular flexibility index (Phi) is 3.73. The van der Waals surface area contributed by atoms with Gasteiger partial charge < -0.3 is 11.1 Å². The Bertz CT molecular complexity index is 670. The molecule has 0 saturated heterocycles. The molecule has 6 heteroatoms. The molecule has 2 rings (SSSR count). The van der Waals surface area contributed by atoms with Gasteiger partial charge in [-0.15, -0.1) is 0 Å². The maximum atomic E-state index is 12.0. The summed E-state index contributed by atoms with van der Waals surface area (Å²) in [7, 11) is -2.20. The van der Waals surface area contributed by atoms with Gasteiger partial charge >= 0.3 is 0 Å². The van der Waals surface area contributed by atoms with E-state index in [9.17, 15) is 8.42 Å². The number of nitrogen functional groups attached to an aromatic ring is 1. The molecule has 0 heterocycles. The van der Waals surface area contributed by atoms with Gasteiger partial charge in [0.05, 0.1) is 5.69 Å². The molecule has 2 aromatic carbocycles. The minimum Gasteiger partial charge on any atom is -0.399 e. The fourth-order valence-electron chi connectivity index (χ4n) is 1.65. The van der Waals surface area contributed by atoms with Gasteiger partial charge in [-0.1, -0.05) is 18.2 Å². The third-order valence-corrected chi connectivity index (χ3v) is 4.07. The molecule has 0 radical (unpaired) electrons. The van der Waals surface area contributed by atoms with Crippen molar-refractivity contribution >= 4 is 27.1 Å². The third kappa shape index (κ3) is 3.04. The SMILES string of the molecule is CNS(=O)(=O)c1cc(N)ccc1Nc1ccccc1. The highest BCUT2D eigenvalue weighted by Crippen LogP contribution is 2.26. The maximum Gasteiger partial charge on any atom is 0.242 e. The zero-order chi connectivity index (χ0) is 13.9. The van der Waals surface area contributed by atoms with Crippen LogP contribution in [0, 0.1) is 0 Å². The molecule has 0 bridgehead atoms. The van der Waals surface area contributed by atoms with Crippen LogP contribution in [0.25, 0.3) is 0 Å². The van der Waals surface area contributed by atoms with E-state index in [-0.39, 0.29) is 4.90 Å². The average Bonchev–Trinajstić information content (AvgIpc) is 2.42. The minimum atomic E-state index is -3.56. The van der Waals surface area contributed by atoms with E-state index in [1.807, 2.05) is 30.3 Å². The van der Waals surface area contributed by atoms with Crippen molar-refractivity contribution in [3.05, 3.63) is 48.5 Å². The Labute approximate surface area is 112 Å². The Morgan fingerprint density at radius 2 is 1.74 bits per heavy atom. The van der Waals surface area contributed by atoms with Gasteiger partial charge in [0.2, 0.25) is 10.0 Å². The van der Waals surface area contributed by atoms with E-state index in [4.69, 9.17) is 5.73 Å². The third-order valence-electron chi connectivity index (χ3n) is 2.62. The summed E-state index contributed by atoms with van der Waals surface area (Å²) in [6.45, 7) is 0. The van der Waals surface area contributed by atoms with Crippen molar-refractivity contribution in [2.75, 3.05) is 18.1 Å². The van der Waals surface area contributed by atoms with E-state index in [0.717, 1.165) is 5.69 Å². The Morgan fingerprint density at radius 3 is 2.37 bits per heavy atom. The van der Waals surface area contributed by atoms with Gasteiger partial charge in [0.25, 0.3) is 0 Å². The van der Waals surface area contributed by atoms with Crippen LogP contribution < -0.4 is 15.8 Å². The van der Waals surface area contributed by atoms with Crippen molar-refractivity contribution in [1.29, 1.82) is 0 Å². The molecule has 0 aliphatic carbocycles. The van der Waals surface area contributed by atoms with E-state index >= 15 is 0 Å². The standard InChI is InChI=1S/C13H15N3O2S/c1-15-19(17,18)13-9-10(14)7-8-12(13)16-11-5-3-2-4-6-11/h2-9,15-16H,14H2,1H3. The van der Waals surface area contributed by atoms with Gasteiger partial charge in [0.15, 0.2) is 0 Å². The highest BCUT2D eigenvalue weighted by molar-refractivity contribution is 7.89. The molecule has 0 atom stereocenters. The molecule has 19 heavy (non-hydrogen) atoms. The lowest BCUT2D eigenvalue weighted by molar-refractivity contribution is 0.588. The molecule has 0 saturated carbocycles. The highest BCUT2D eigenvalue weighted by Gasteiger charge is 2.17. The van der Waals surface area contributed by atoms with Crippen LogP contribution in [-0.2, 0) is 10.0 Å². The molecule has 0 aromatic heterocycles. The van der Waals surface area contributed by atoms with E-state index in [2.05, 4.69) is 10.0 Å². The number of anilines is 3. The van der Waals surface area contributed by atoms with Crippen molar-refractivity contribution in [2.45, 2.75) is 4.90 Å². The van der Waals surface area contributed by atoms with Crippen molar-refractivity contribution in [1.82, 2.24) is 4.72 Å². The molecule has 5 nitrogen and oxygen atoms in total. The summed E-state index contributed by atoms with van der Waals surface area (Å²) in [5.41, 5.74) is 7.33. The zero-order valence-corrected chi connectivity index (χ0v) is 11.2. The highest BCUT2D eigenvalue weighted by atomic mass is 32.2. The normalized spacial score (nSPS) is 11.2. The summed E-state index contributed by atoms with van der Waals surface area (Å²) in [6.07, 6.45) is 0. The first-order valence-electron chi connectivity index (χ1n) is 5.68. The van der Waals surface area contributed by atoms with E-state index in [0.29, 0.717) is 11.4 Å². The quantitative estimate of drug-likeness (QED) is 0.745. The van der Waals surface area contributed by atoms with Gasteiger partial charge in [-0.2, -0.15) is 0 Å². The van der Waals surface area contributed by atoms with Gasteiger partial charge in [0.1, 0.15) is 4.90 Å². The first-order chi connectivity index (χ1) is 9.03. The van der Waals surface area contributed by atoms with Gasteiger partial charge in [0, 0.05) is 11.4 Å². The van der Waals surface area contributed by atoms with Crippen LogP contribution in [-0.4, -0.2) is 15.5 Å². The predicted molar refractivity (Wildman–Crippen MR) is 76.8 cm³/mol. The monoisotopic (exact) mass is 277 g/mol. The first kappa shape index (κ1) is 13.4. The number of hydrogen-bond donors (Lipinski definition) is 3. The lowest BCUT2D eigenvalue weighted by Gasteiger charge is -2.12. The van der Waals surface area contributed by atoms with Crippen molar-refractivity contribution < 1.29 is 8.42 Å². The number of sulfonamides is 1. The van der Waals surface area contributed by atoms with E-state index < -0.39 is 10.0 Å². The van der Waals surface area contributed by atoms with Gasteiger partial charge in [-0.25, -0.2) is 13.1 Å². The van der Waals surface area contributed by atoms with Gasteiger partial charge in [-0.05, 0) is 37.4 Å². The first-order valence-corrected chi connectivity index (χ1v) is 7.16. The number of nitrogens with one attached hydrogen (secondary N) is 2. The molecular weight excluding hydrogens is 262 g/mol. The second-order valence-electron chi connectivity index (χ2n) is 3.95. The summed E-state index contributed by atoms with van der Waals surface area (Å²) < 4.78 is 26.2. The zero-order valence-electron chi connectivity index (χ0n) is 10.4. The van der Waals surface area contributed by atoms with Crippen molar-refractivity contribution in [3.63, 3.8) is 0 Å². The van der Waals surface area contributed by atoms with Crippen molar-refractivity contribution in [2.24, 2.45) is 0 Å². The van der Waals surface area contributed by atoms with Crippen LogP contribution in [0.15, 0.2) is 53.4 Å². The van der Waals surface area contributed by atoms with Gasteiger partial charge in [-0.3, -0.25) is 0 Å². The van der Waals surface area contributed by atoms with Crippen LogP contribution in [0.2, 0.25) is 0 Å². The molecular formula is C13H15N3O2S. The number of hydrogen-bond acceptors (Lipinski definition) is 4. The fourth-order valence-corrected chi connectivity index (χ4v) is 2.57. The molecule has 0 spiro atoms. The smallest absolute Gasteiger partial charge is 0.242 e. The van der Waals surface area contributed by atoms with Crippen LogP contribution in [0.4, 0.5) is 17.1 Å². The number of rotatable bonds is 4. The molecule has 0 fully saturated rings. The maximum absolute atomic E-state index is 12.0. The molecule has 100 valence electrons. The lowest BCUT2D eigenvalue weighted by atomic mass is 10.2.